The zero-order valence-corrected chi connectivity index (χ0v) is 12.8. The number of ether oxygens (including phenoxy) is 2. The molecule has 116 valence electrons. The van der Waals surface area contributed by atoms with Gasteiger partial charge in [-0.25, -0.2) is 4.79 Å². The fourth-order valence-electron chi connectivity index (χ4n) is 2.26. The molecule has 1 atom stereocenters. The van der Waals surface area contributed by atoms with Gasteiger partial charge in [-0.1, -0.05) is 12.1 Å². The highest BCUT2D eigenvalue weighted by Gasteiger charge is 2.32. The number of fused-ring (bicyclic) bond motifs is 1. The maximum absolute atomic E-state index is 12.4. The van der Waals surface area contributed by atoms with Crippen molar-refractivity contribution in [3.05, 3.63) is 24.3 Å². The number of aliphatic hydroxyl groups is 1. The Balaban J connectivity index is 2.20. The van der Waals surface area contributed by atoms with Crippen LogP contribution in [0.5, 0.6) is 5.75 Å². The summed E-state index contributed by atoms with van der Waals surface area (Å²) >= 11 is 0. The normalized spacial score (nSPS) is 17.9. The van der Waals surface area contributed by atoms with Gasteiger partial charge >= 0.3 is 6.09 Å². The molecular formula is C16H23NO4. The lowest BCUT2D eigenvalue weighted by atomic mass is 10.1. The SMILES string of the molecule is CC(C)(C)OC(=O)N1CC(CCCO)Oc2ccccc21. The van der Waals surface area contributed by atoms with E-state index < -0.39 is 5.60 Å². The van der Waals surface area contributed by atoms with E-state index in [2.05, 4.69) is 0 Å². The van der Waals surface area contributed by atoms with Gasteiger partial charge in [0.2, 0.25) is 0 Å². The molecule has 0 fully saturated rings. The molecule has 1 N–H and O–H groups in total. The average molecular weight is 293 g/mol. The molecule has 0 bridgehead atoms. The molecule has 5 nitrogen and oxygen atoms in total. The molecule has 1 unspecified atom stereocenters. The van der Waals surface area contributed by atoms with Crippen LogP contribution >= 0.6 is 0 Å². The number of amides is 1. The third kappa shape index (κ3) is 4.11. The number of nitrogens with zero attached hydrogens (tertiary/aromatic N) is 1. The topological polar surface area (TPSA) is 59.0 Å². The van der Waals surface area contributed by atoms with Crippen LogP contribution in [0.15, 0.2) is 24.3 Å². The maximum atomic E-state index is 12.4. The van der Waals surface area contributed by atoms with E-state index in [0.717, 1.165) is 5.69 Å². The van der Waals surface area contributed by atoms with Crippen LogP contribution in [0.1, 0.15) is 33.6 Å². The second-order valence-corrected chi connectivity index (χ2v) is 6.16. The molecule has 0 radical (unpaired) electrons. The van der Waals surface area contributed by atoms with Gasteiger partial charge in [0.25, 0.3) is 0 Å². The van der Waals surface area contributed by atoms with E-state index in [0.29, 0.717) is 25.1 Å². The van der Waals surface area contributed by atoms with E-state index in [9.17, 15) is 4.79 Å². The number of hydrogen-bond acceptors (Lipinski definition) is 4. The summed E-state index contributed by atoms with van der Waals surface area (Å²) in [5.41, 5.74) is 0.192. The van der Waals surface area contributed by atoms with Gasteiger partial charge in [0.05, 0.1) is 12.2 Å². The molecule has 0 aromatic heterocycles. The van der Waals surface area contributed by atoms with Crippen LogP contribution in [0.3, 0.4) is 0 Å². The lowest BCUT2D eigenvalue weighted by molar-refractivity contribution is 0.0543. The second-order valence-electron chi connectivity index (χ2n) is 6.16. The first kappa shape index (κ1) is 15.6. The van der Waals surface area contributed by atoms with Gasteiger partial charge in [0, 0.05) is 6.61 Å². The Labute approximate surface area is 125 Å². The third-order valence-electron chi connectivity index (χ3n) is 3.13. The molecule has 1 heterocycles. The summed E-state index contributed by atoms with van der Waals surface area (Å²) in [6.07, 6.45) is 0.853. The number of carbonyl (C=O) groups is 1. The van der Waals surface area contributed by atoms with E-state index in [4.69, 9.17) is 14.6 Å². The van der Waals surface area contributed by atoms with Crippen molar-refractivity contribution in [2.24, 2.45) is 0 Å². The molecule has 21 heavy (non-hydrogen) atoms. The van der Waals surface area contributed by atoms with Crippen molar-refractivity contribution < 1.29 is 19.4 Å². The zero-order chi connectivity index (χ0) is 15.5. The van der Waals surface area contributed by atoms with Crippen molar-refractivity contribution in [3.63, 3.8) is 0 Å². The number of benzene rings is 1. The van der Waals surface area contributed by atoms with Crippen LogP contribution in [0.2, 0.25) is 0 Å². The highest BCUT2D eigenvalue weighted by Crippen LogP contribution is 2.34. The smallest absolute Gasteiger partial charge is 0.415 e. The first-order valence-corrected chi connectivity index (χ1v) is 7.28. The fourth-order valence-corrected chi connectivity index (χ4v) is 2.26. The lowest BCUT2D eigenvalue weighted by Gasteiger charge is -2.35. The molecule has 0 spiro atoms. The third-order valence-corrected chi connectivity index (χ3v) is 3.13. The Bertz CT molecular complexity index is 495. The van der Waals surface area contributed by atoms with Crippen LogP contribution in [0.4, 0.5) is 10.5 Å². The van der Waals surface area contributed by atoms with Gasteiger partial charge in [-0.3, -0.25) is 4.90 Å². The summed E-state index contributed by atoms with van der Waals surface area (Å²) in [5, 5.41) is 8.96. The number of aliphatic hydroxyl groups excluding tert-OH is 1. The molecular weight excluding hydrogens is 270 g/mol. The summed E-state index contributed by atoms with van der Waals surface area (Å²) < 4.78 is 11.4. The van der Waals surface area contributed by atoms with Crippen LogP contribution in [0.25, 0.3) is 0 Å². The van der Waals surface area contributed by atoms with E-state index in [1.165, 1.54) is 0 Å². The molecule has 1 amide bonds. The summed E-state index contributed by atoms with van der Waals surface area (Å²) in [5.74, 6) is 0.678. The van der Waals surface area contributed by atoms with Gasteiger partial charge in [-0.15, -0.1) is 0 Å². The van der Waals surface area contributed by atoms with Crippen molar-refractivity contribution in [2.75, 3.05) is 18.1 Å². The summed E-state index contributed by atoms with van der Waals surface area (Å²) in [6.45, 7) is 6.10. The molecule has 2 rings (SSSR count). The van der Waals surface area contributed by atoms with Crippen molar-refractivity contribution in [3.8, 4) is 5.75 Å². The molecule has 1 aromatic rings. The van der Waals surface area contributed by atoms with E-state index in [1.54, 1.807) is 4.90 Å². The summed E-state index contributed by atoms with van der Waals surface area (Å²) in [7, 11) is 0. The van der Waals surface area contributed by atoms with Gasteiger partial charge in [-0.2, -0.15) is 0 Å². The Morgan fingerprint density at radius 3 is 2.81 bits per heavy atom. The quantitative estimate of drug-likeness (QED) is 0.931. The van der Waals surface area contributed by atoms with E-state index in [1.807, 2.05) is 45.0 Å². The van der Waals surface area contributed by atoms with Crippen molar-refractivity contribution >= 4 is 11.8 Å². The number of rotatable bonds is 3. The van der Waals surface area contributed by atoms with Gasteiger partial charge in [-0.05, 0) is 45.7 Å². The van der Waals surface area contributed by atoms with Gasteiger partial charge in [0.15, 0.2) is 0 Å². The molecule has 0 saturated heterocycles. The van der Waals surface area contributed by atoms with Gasteiger partial charge < -0.3 is 14.6 Å². The van der Waals surface area contributed by atoms with E-state index >= 15 is 0 Å². The molecule has 1 aliphatic heterocycles. The minimum Gasteiger partial charge on any atom is -0.486 e. The lowest BCUT2D eigenvalue weighted by Crippen LogP contribution is -2.45. The first-order valence-electron chi connectivity index (χ1n) is 7.28. The van der Waals surface area contributed by atoms with E-state index in [-0.39, 0.29) is 18.8 Å². The molecule has 1 aromatic carbocycles. The Morgan fingerprint density at radius 2 is 2.14 bits per heavy atom. The largest absolute Gasteiger partial charge is 0.486 e. The monoisotopic (exact) mass is 293 g/mol. The van der Waals surface area contributed by atoms with Crippen molar-refractivity contribution in [1.82, 2.24) is 0 Å². The molecule has 5 heteroatoms. The molecule has 0 saturated carbocycles. The van der Waals surface area contributed by atoms with Crippen LogP contribution in [-0.2, 0) is 4.74 Å². The van der Waals surface area contributed by atoms with Crippen molar-refractivity contribution in [2.45, 2.75) is 45.3 Å². The fraction of sp³-hybridized carbons (Fsp3) is 0.562. The number of carbonyl (C=O) groups excluding carboxylic acids is 1. The predicted octanol–water partition coefficient (Wildman–Crippen LogP) is 2.96. The Kier molecular flexibility index (Phi) is 4.73. The minimum absolute atomic E-state index is 0.119. The van der Waals surface area contributed by atoms with Crippen molar-refractivity contribution in [1.29, 1.82) is 0 Å². The maximum Gasteiger partial charge on any atom is 0.415 e. The van der Waals surface area contributed by atoms with Crippen LogP contribution < -0.4 is 9.64 Å². The highest BCUT2D eigenvalue weighted by atomic mass is 16.6. The highest BCUT2D eigenvalue weighted by molar-refractivity contribution is 5.90. The average Bonchev–Trinajstić information content (AvgIpc) is 2.42. The standard InChI is InChI=1S/C16H23NO4/c1-16(2,3)21-15(19)17-11-12(7-6-10-18)20-14-9-5-4-8-13(14)17/h4-5,8-9,12,18H,6-7,10-11H2,1-3H3. The predicted molar refractivity (Wildman–Crippen MR) is 80.8 cm³/mol. The molecule has 1 aliphatic rings. The van der Waals surface area contributed by atoms with Crippen LogP contribution in [-0.4, -0.2) is 36.1 Å². The second kappa shape index (κ2) is 6.35. The molecule has 0 aliphatic carbocycles. The number of para-hydroxylation sites is 2. The summed E-state index contributed by atoms with van der Waals surface area (Å²) in [6, 6.07) is 7.44. The number of hydrogen-bond donors (Lipinski definition) is 1. The Hall–Kier alpha value is -1.75. The minimum atomic E-state index is -0.537. The Morgan fingerprint density at radius 1 is 1.43 bits per heavy atom. The van der Waals surface area contributed by atoms with Gasteiger partial charge in [0.1, 0.15) is 17.5 Å². The van der Waals surface area contributed by atoms with Crippen LogP contribution in [0, 0.1) is 0 Å². The zero-order valence-electron chi connectivity index (χ0n) is 12.8. The first-order chi connectivity index (χ1) is 9.90. The number of anilines is 1. The summed E-state index contributed by atoms with van der Waals surface area (Å²) in [4.78, 5) is 14.0.